The van der Waals surface area contributed by atoms with Crippen molar-refractivity contribution in [2.75, 3.05) is 5.75 Å². The number of thioether (sulfide) groups is 1. The number of aliphatic carboxylic acids is 1. The van der Waals surface area contributed by atoms with Crippen LogP contribution < -0.4 is 5.32 Å². The lowest BCUT2D eigenvalue weighted by molar-refractivity contribution is -0.150. The van der Waals surface area contributed by atoms with Crippen LogP contribution in [0.1, 0.15) is 6.92 Å². The summed E-state index contributed by atoms with van der Waals surface area (Å²) in [6.45, 7) is 1.63. The predicted molar refractivity (Wildman–Crippen MR) is 70.3 cm³/mol. The molecule has 0 radical (unpaired) electrons. The number of carbonyl (C=O) groups excluding carboxylic acids is 2. The number of carbonyl (C=O) groups is 3. The Bertz CT molecular complexity index is 657. The molecule has 2 aliphatic heterocycles. The van der Waals surface area contributed by atoms with E-state index in [0.717, 1.165) is 4.90 Å². The number of hydrogen-bond donors (Lipinski definition) is 2. The van der Waals surface area contributed by atoms with Crippen LogP contribution in [0.2, 0.25) is 0 Å². The van der Waals surface area contributed by atoms with E-state index in [2.05, 4.69) is 5.32 Å². The van der Waals surface area contributed by atoms with E-state index in [1.165, 1.54) is 11.8 Å². The van der Waals surface area contributed by atoms with Crippen LogP contribution in [0.5, 0.6) is 0 Å². The fourth-order valence-corrected chi connectivity index (χ4v) is 3.59. The second kappa shape index (κ2) is 5.29. The van der Waals surface area contributed by atoms with E-state index in [4.69, 9.17) is 5.11 Å². The van der Waals surface area contributed by atoms with E-state index in [9.17, 15) is 22.8 Å². The number of hydrogen-bond acceptors (Lipinski definition) is 6. The smallest absolute Gasteiger partial charge is 0.352 e. The van der Waals surface area contributed by atoms with Gasteiger partial charge in [0.2, 0.25) is 10.3 Å². The van der Waals surface area contributed by atoms with Crippen LogP contribution in [-0.2, 0) is 24.7 Å². The maximum absolute atomic E-state index is 11.9. The van der Waals surface area contributed by atoms with Gasteiger partial charge in [-0.05, 0) is 12.5 Å². The zero-order valence-corrected chi connectivity index (χ0v) is 11.8. The molecule has 2 amide bonds. The van der Waals surface area contributed by atoms with Crippen molar-refractivity contribution in [2.24, 2.45) is 0 Å². The number of β-lactam (4-membered cyclic amide) rings is 1. The van der Waals surface area contributed by atoms with Crippen molar-refractivity contribution in [3.63, 3.8) is 0 Å². The molecule has 2 aliphatic rings. The Kier molecular flexibility index (Phi) is 3.86. The number of nitrogens with one attached hydrogen (secondary N) is 1. The van der Waals surface area contributed by atoms with Crippen LogP contribution in [0.3, 0.4) is 0 Å². The standard InChI is InChI=1S/C10H10N2O6S2/c1-4-2-19-9-6(11-5(13)3-20(17)18)8(14)12(9)7(4)10(15)16/h3,6,9H,2H2,1H3,(H,11,13)(H,15,16)/t6?,9-/m0/s1. The quantitative estimate of drug-likeness (QED) is 0.476. The van der Waals surface area contributed by atoms with E-state index >= 15 is 0 Å². The normalized spacial score (nSPS) is 24.6. The van der Waals surface area contributed by atoms with Crippen molar-refractivity contribution >= 4 is 45.2 Å². The van der Waals surface area contributed by atoms with Gasteiger partial charge in [0.05, 0.1) is 0 Å². The first-order valence-corrected chi connectivity index (χ1v) is 7.62. The molecule has 0 aliphatic carbocycles. The molecule has 0 aromatic carbocycles. The van der Waals surface area contributed by atoms with Crippen LogP contribution in [0, 0.1) is 0 Å². The molecular weight excluding hydrogens is 308 g/mol. The largest absolute Gasteiger partial charge is 0.477 e. The van der Waals surface area contributed by atoms with Crippen molar-refractivity contribution in [3.8, 4) is 0 Å². The summed E-state index contributed by atoms with van der Waals surface area (Å²) >= 11 is 1.32. The summed E-state index contributed by atoms with van der Waals surface area (Å²) in [5.41, 5.74) is 0.504. The molecule has 2 N–H and O–H groups in total. The number of carboxylic acid groups (broad SMARTS) is 1. The van der Waals surface area contributed by atoms with Crippen LogP contribution in [0.25, 0.3) is 0 Å². The van der Waals surface area contributed by atoms with Crippen molar-refractivity contribution < 1.29 is 27.9 Å². The van der Waals surface area contributed by atoms with Gasteiger partial charge in [-0.3, -0.25) is 14.5 Å². The van der Waals surface area contributed by atoms with E-state index in [1.807, 2.05) is 0 Å². The van der Waals surface area contributed by atoms with Crippen molar-refractivity contribution in [1.82, 2.24) is 10.2 Å². The van der Waals surface area contributed by atoms with E-state index in [1.54, 1.807) is 6.92 Å². The van der Waals surface area contributed by atoms with E-state index in [-0.39, 0.29) is 5.70 Å². The molecule has 2 rings (SSSR count). The Morgan fingerprint density at radius 2 is 2.15 bits per heavy atom. The van der Waals surface area contributed by atoms with Crippen molar-refractivity contribution in [2.45, 2.75) is 18.3 Å². The molecule has 0 bridgehead atoms. The van der Waals surface area contributed by atoms with Crippen LogP contribution in [-0.4, -0.2) is 58.7 Å². The van der Waals surface area contributed by atoms with Gasteiger partial charge in [0, 0.05) is 5.75 Å². The monoisotopic (exact) mass is 318 g/mol. The SMILES string of the molecule is CC1=C(C(=O)O)N2C(=O)C(NC(=O)C=S(=O)=O)[C@@H]2SC1. The third-order valence-electron chi connectivity index (χ3n) is 2.86. The molecule has 0 saturated carbocycles. The maximum Gasteiger partial charge on any atom is 0.352 e. The molecule has 0 aromatic rings. The maximum atomic E-state index is 11.9. The molecule has 1 unspecified atom stereocenters. The topological polar surface area (TPSA) is 121 Å². The van der Waals surface area contributed by atoms with E-state index < -0.39 is 39.5 Å². The lowest BCUT2D eigenvalue weighted by atomic mass is 10.0. The number of nitrogens with zero attached hydrogens (tertiary/aromatic N) is 1. The summed E-state index contributed by atoms with van der Waals surface area (Å²) < 4.78 is 20.7. The first-order valence-electron chi connectivity index (χ1n) is 5.44. The first kappa shape index (κ1) is 14.6. The Morgan fingerprint density at radius 3 is 2.70 bits per heavy atom. The summed E-state index contributed by atoms with van der Waals surface area (Å²) in [6, 6.07) is -0.908. The Hall–Kier alpha value is -1.81. The molecule has 1 saturated heterocycles. The predicted octanol–water partition coefficient (Wildman–Crippen LogP) is -1.57. The van der Waals surface area contributed by atoms with Gasteiger partial charge in [0.25, 0.3) is 11.8 Å². The molecule has 2 heterocycles. The van der Waals surface area contributed by atoms with Crippen molar-refractivity contribution in [3.05, 3.63) is 11.3 Å². The first-order chi connectivity index (χ1) is 9.32. The third-order valence-corrected chi connectivity index (χ3v) is 4.69. The zero-order chi connectivity index (χ0) is 15.0. The third kappa shape index (κ3) is 2.43. The highest BCUT2D eigenvalue weighted by atomic mass is 32.2. The van der Waals surface area contributed by atoms with E-state index in [0.29, 0.717) is 16.7 Å². The molecule has 2 atom stereocenters. The minimum absolute atomic E-state index is 0.0689. The summed E-state index contributed by atoms with van der Waals surface area (Å²) in [4.78, 5) is 35.5. The lowest BCUT2D eigenvalue weighted by Crippen LogP contribution is -2.70. The average molecular weight is 318 g/mol. The van der Waals surface area contributed by atoms with Gasteiger partial charge in [-0.25, -0.2) is 4.79 Å². The summed E-state index contributed by atoms with van der Waals surface area (Å²) in [5, 5.41) is 11.3. The molecule has 0 aromatic heterocycles. The van der Waals surface area contributed by atoms with Gasteiger partial charge in [0.1, 0.15) is 22.5 Å². The Balaban J connectivity index is 2.18. The average Bonchev–Trinajstić information content (AvgIpc) is 2.34. The van der Waals surface area contributed by atoms with Crippen LogP contribution in [0.15, 0.2) is 11.3 Å². The van der Waals surface area contributed by atoms with Crippen LogP contribution in [0.4, 0.5) is 0 Å². The molecule has 0 spiro atoms. The number of fused-ring (bicyclic) bond motifs is 1. The number of carboxylic acids is 1. The van der Waals surface area contributed by atoms with Gasteiger partial charge in [-0.2, -0.15) is 8.42 Å². The second-order valence-corrected chi connectivity index (χ2v) is 6.07. The molecule has 8 nitrogen and oxygen atoms in total. The molecular formula is C10H10N2O6S2. The van der Waals surface area contributed by atoms with Crippen LogP contribution >= 0.6 is 11.8 Å². The Labute approximate surface area is 119 Å². The highest BCUT2D eigenvalue weighted by Gasteiger charge is 2.53. The van der Waals surface area contributed by atoms with Gasteiger partial charge >= 0.3 is 5.97 Å². The molecule has 10 heteroatoms. The van der Waals surface area contributed by atoms with Crippen molar-refractivity contribution in [1.29, 1.82) is 0 Å². The van der Waals surface area contributed by atoms with Gasteiger partial charge in [0.15, 0.2) is 0 Å². The molecule has 1 fully saturated rings. The van der Waals surface area contributed by atoms with Gasteiger partial charge in [-0.15, -0.1) is 11.8 Å². The molecule has 20 heavy (non-hydrogen) atoms. The van der Waals surface area contributed by atoms with Gasteiger partial charge < -0.3 is 10.4 Å². The fraction of sp³-hybridized carbons (Fsp3) is 0.400. The minimum Gasteiger partial charge on any atom is -0.477 e. The lowest BCUT2D eigenvalue weighted by Gasteiger charge is -2.49. The fourth-order valence-electron chi connectivity index (χ4n) is 2.05. The highest BCUT2D eigenvalue weighted by Crippen LogP contribution is 2.39. The number of amides is 2. The summed E-state index contributed by atoms with van der Waals surface area (Å²) in [6.07, 6.45) is 0. The summed E-state index contributed by atoms with van der Waals surface area (Å²) in [7, 11) is -2.65. The molecule has 108 valence electrons. The van der Waals surface area contributed by atoms with Gasteiger partial charge in [-0.1, -0.05) is 0 Å². The minimum atomic E-state index is -2.65. The summed E-state index contributed by atoms with van der Waals surface area (Å²) in [5.74, 6) is -2.23. The number of rotatable bonds is 3. The zero-order valence-electron chi connectivity index (χ0n) is 10.2. The second-order valence-electron chi connectivity index (χ2n) is 4.21. The highest BCUT2D eigenvalue weighted by molar-refractivity contribution is 8.00. The Morgan fingerprint density at radius 1 is 1.50 bits per heavy atom.